The summed E-state index contributed by atoms with van der Waals surface area (Å²) in [5, 5.41) is 2.64. The second-order valence-electron chi connectivity index (χ2n) is 6.42. The van der Waals surface area contributed by atoms with Crippen molar-refractivity contribution >= 4 is 33.4 Å². The highest BCUT2D eigenvalue weighted by Crippen LogP contribution is 2.29. The molecule has 1 aromatic carbocycles. The quantitative estimate of drug-likeness (QED) is 0.570. The summed E-state index contributed by atoms with van der Waals surface area (Å²) in [5.74, 6) is -0.682. The van der Waals surface area contributed by atoms with Crippen LogP contribution in [0.3, 0.4) is 0 Å². The second kappa shape index (κ2) is 9.84. The normalized spacial score (nSPS) is 14.6. The van der Waals surface area contributed by atoms with Crippen LogP contribution in [-0.4, -0.2) is 61.6 Å². The van der Waals surface area contributed by atoms with Crippen molar-refractivity contribution < 1.29 is 27.5 Å². The lowest BCUT2D eigenvalue weighted by atomic mass is 10.2. The highest BCUT2D eigenvalue weighted by molar-refractivity contribution is 7.89. The molecule has 160 valence electrons. The predicted molar refractivity (Wildman–Crippen MR) is 107 cm³/mol. The third-order valence-electron chi connectivity index (χ3n) is 4.59. The van der Waals surface area contributed by atoms with E-state index in [0.717, 1.165) is 4.90 Å². The number of amides is 3. The van der Waals surface area contributed by atoms with Gasteiger partial charge in [0.25, 0.3) is 0 Å². The van der Waals surface area contributed by atoms with E-state index in [9.17, 15) is 22.8 Å². The molecular weight excluding hydrogens is 398 g/mol. The van der Waals surface area contributed by atoms with Crippen LogP contribution >= 0.6 is 0 Å². The first-order valence-corrected chi connectivity index (χ1v) is 11.1. The van der Waals surface area contributed by atoms with Crippen molar-refractivity contribution in [3.8, 4) is 5.75 Å². The van der Waals surface area contributed by atoms with Gasteiger partial charge in [0.1, 0.15) is 5.75 Å². The zero-order valence-corrected chi connectivity index (χ0v) is 17.8. The number of anilines is 1. The molecule has 1 aliphatic rings. The smallest absolute Gasteiger partial charge is 0.243 e. The summed E-state index contributed by atoms with van der Waals surface area (Å²) in [7, 11) is -3.70. The van der Waals surface area contributed by atoms with Crippen molar-refractivity contribution in [3.05, 3.63) is 18.2 Å². The van der Waals surface area contributed by atoms with E-state index in [1.807, 2.05) is 0 Å². The average Bonchev–Trinajstić information content (AvgIpc) is 3.00. The number of rotatable bonds is 10. The van der Waals surface area contributed by atoms with E-state index in [4.69, 9.17) is 4.74 Å². The Bertz CT molecular complexity index is 864. The van der Waals surface area contributed by atoms with Crippen molar-refractivity contribution in [1.82, 2.24) is 9.21 Å². The molecule has 0 radical (unpaired) electrons. The zero-order valence-electron chi connectivity index (χ0n) is 16.9. The van der Waals surface area contributed by atoms with E-state index in [2.05, 4.69) is 5.32 Å². The first-order chi connectivity index (χ1) is 13.7. The van der Waals surface area contributed by atoms with E-state index in [1.54, 1.807) is 20.8 Å². The van der Waals surface area contributed by atoms with Crippen molar-refractivity contribution in [2.45, 2.75) is 44.9 Å². The predicted octanol–water partition coefficient (Wildman–Crippen LogP) is 1.59. The van der Waals surface area contributed by atoms with Crippen LogP contribution in [-0.2, 0) is 24.4 Å². The Morgan fingerprint density at radius 2 is 1.76 bits per heavy atom. The third-order valence-corrected chi connectivity index (χ3v) is 6.63. The van der Waals surface area contributed by atoms with Crippen LogP contribution in [0.15, 0.2) is 23.1 Å². The first kappa shape index (κ1) is 22.8. The first-order valence-electron chi connectivity index (χ1n) is 9.64. The molecule has 0 aliphatic carbocycles. The van der Waals surface area contributed by atoms with E-state index >= 15 is 0 Å². The van der Waals surface area contributed by atoms with Crippen LogP contribution in [0, 0.1) is 0 Å². The monoisotopic (exact) mass is 425 g/mol. The summed E-state index contributed by atoms with van der Waals surface area (Å²) < 4.78 is 32.3. The lowest BCUT2D eigenvalue weighted by Crippen LogP contribution is -2.32. The Hall–Kier alpha value is -2.46. The molecule has 0 atom stereocenters. The van der Waals surface area contributed by atoms with Gasteiger partial charge in [-0.2, -0.15) is 4.31 Å². The minimum Gasteiger partial charge on any atom is -0.492 e. The van der Waals surface area contributed by atoms with Gasteiger partial charge in [-0.3, -0.25) is 19.3 Å². The van der Waals surface area contributed by atoms with Crippen LogP contribution < -0.4 is 10.1 Å². The van der Waals surface area contributed by atoms with Gasteiger partial charge in [0.05, 0.1) is 17.2 Å². The number of nitrogens with zero attached hydrogens (tertiary/aromatic N) is 2. The highest BCUT2D eigenvalue weighted by Gasteiger charge is 2.29. The number of carbonyl (C=O) groups excluding carboxylic acids is 3. The number of ether oxygens (including phenoxy) is 1. The van der Waals surface area contributed by atoms with E-state index in [0.29, 0.717) is 25.4 Å². The van der Waals surface area contributed by atoms with Crippen molar-refractivity contribution in [3.63, 3.8) is 0 Å². The standard InChI is InChI=1S/C19H27N3O6S/c1-4-21(5-2)29(26,27)14-7-8-16(28-6-3)15(13-14)20-17(23)11-12-22-18(24)9-10-19(22)25/h7-8,13H,4-6,9-12H2,1-3H3,(H,20,23). The number of likely N-dealkylation sites (tertiary alicyclic amines) is 1. The summed E-state index contributed by atoms with van der Waals surface area (Å²) in [4.78, 5) is 36.8. The molecule has 2 rings (SSSR count). The van der Waals surface area contributed by atoms with E-state index in [1.165, 1.54) is 22.5 Å². The molecular formula is C19H27N3O6S. The number of hydrogen-bond acceptors (Lipinski definition) is 6. The lowest BCUT2D eigenvalue weighted by molar-refractivity contribution is -0.138. The maximum Gasteiger partial charge on any atom is 0.243 e. The van der Waals surface area contributed by atoms with Gasteiger partial charge in [-0.05, 0) is 25.1 Å². The Balaban J connectivity index is 2.19. The minimum atomic E-state index is -3.70. The molecule has 1 aliphatic heterocycles. The van der Waals surface area contributed by atoms with Crippen LogP contribution in [0.25, 0.3) is 0 Å². The Kier molecular flexibility index (Phi) is 7.74. The fourth-order valence-corrected chi connectivity index (χ4v) is 4.54. The maximum atomic E-state index is 12.8. The molecule has 1 saturated heterocycles. The molecule has 0 aromatic heterocycles. The molecule has 0 spiro atoms. The molecule has 0 bridgehead atoms. The van der Waals surface area contributed by atoms with Gasteiger partial charge in [-0.1, -0.05) is 13.8 Å². The Morgan fingerprint density at radius 3 is 2.31 bits per heavy atom. The molecule has 9 nitrogen and oxygen atoms in total. The van der Waals surface area contributed by atoms with Gasteiger partial charge >= 0.3 is 0 Å². The van der Waals surface area contributed by atoms with Gasteiger partial charge in [0.2, 0.25) is 27.7 Å². The molecule has 1 aromatic rings. The van der Waals surface area contributed by atoms with Gasteiger partial charge in [-0.25, -0.2) is 8.42 Å². The molecule has 1 N–H and O–H groups in total. The SMILES string of the molecule is CCOc1ccc(S(=O)(=O)N(CC)CC)cc1NC(=O)CCN1C(=O)CCC1=O. The minimum absolute atomic E-state index is 0.00902. The molecule has 10 heteroatoms. The van der Waals surface area contributed by atoms with Gasteiger partial charge in [0, 0.05) is 38.9 Å². The highest BCUT2D eigenvalue weighted by atomic mass is 32.2. The zero-order chi connectivity index (χ0) is 21.6. The maximum absolute atomic E-state index is 12.8. The van der Waals surface area contributed by atoms with Gasteiger partial charge in [0.15, 0.2) is 0 Å². The van der Waals surface area contributed by atoms with Crippen molar-refractivity contribution in [2.75, 3.05) is 31.6 Å². The molecule has 1 heterocycles. The van der Waals surface area contributed by atoms with Crippen LogP contribution in [0.1, 0.15) is 40.0 Å². The van der Waals surface area contributed by atoms with Crippen molar-refractivity contribution in [2.24, 2.45) is 0 Å². The average molecular weight is 426 g/mol. The number of imide groups is 1. The topological polar surface area (TPSA) is 113 Å². The third kappa shape index (κ3) is 5.33. The molecule has 3 amide bonds. The van der Waals surface area contributed by atoms with E-state index in [-0.39, 0.29) is 48.2 Å². The van der Waals surface area contributed by atoms with Gasteiger partial charge < -0.3 is 10.1 Å². The van der Waals surface area contributed by atoms with Crippen LogP contribution in [0.4, 0.5) is 5.69 Å². The fourth-order valence-electron chi connectivity index (χ4n) is 3.06. The van der Waals surface area contributed by atoms with E-state index < -0.39 is 15.9 Å². The molecule has 0 unspecified atom stereocenters. The summed E-state index contributed by atoms with van der Waals surface area (Å²) in [6.07, 6.45) is 0.247. The van der Waals surface area contributed by atoms with Crippen molar-refractivity contribution in [1.29, 1.82) is 0 Å². The van der Waals surface area contributed by atoms with Crippen LogP contribution in [0.2, 0.25) is 0 Å². The Morgan fingerprint density at radius 1 is 1.14 bits per heavy atom. The lowest BCUT2D eigenvalue weighted by Gasteiger charge is -2.20. The summed E-state index contributed by atoms with van der Waals surface area (Å²) >= 11 is 0. The van der Waals surface area contributed by atoms with Crippen LogP contribution in [0.5, 0.6) is 5.75 Å². The number of sulfonamides is 1. The molecule has 1 fully saturated rings. The Labute approximate surface area is 171 Å². The number of nitrogens with one attached hydrogen (secondary N) is 1. The summed E-state index contributed by atoms with van der Waals surface area (Å²) in [5.41, 5.74) is 0.226. The van der Waals surface area contributed by atoms with Gasteiger partial charge in [-0.15, -0.1) is 0 Å². The summed E-state index contributed by atoms with van der Waals surface area (Å²) in [6, 6.07) is 4.31. The molecule has 29 heavy (non-hydrogen) atoms. The number of carbonyl (C=O) groups is 3. The second-order valence-corrected chi connectivity index (χ2v) is 8.36. The fraction of sp³-hybridized carbons (Fsp3) is 0.526. The number of benzene rings is 1. The molecule has 0 saturated carbocycles. The largest absolute Gasteiger partial charge is 0.492 e. The summed E-state index contributed by atoms with van der Waals surface area (Å²) in [6.45, 7) is 6.25. The number of hydrogen-bond donors (Lipinski definition) is 1.